The van der Waals surface area contributed by atoms with Crippen LogP contribution in [0.15, 0.2) is 6.33 Å². The number of aromatic nitrogens is 2. The fourth-order valence-corrected chi connectivity index (χ4v) is 1.87. The zero-order chi connectivity index (χ0) is 14.0. The van der Waals surface area contributed by atoms with Crippen LogP contribution in [0.1, 0.15) is 25.2 Å². The lowest BCUT2D eigenvalue weighted by atomic mass is 9.92. The molecule has 1 aromatic heterocycles. The smallest absolute Gasteiger partial charge is 0.237 e. The number of H-pyrrole nitrogens is 1. The molecule has 19 heavy (non-hydrogen) atoms. The summed E-state index contributed by atoms with van der Waals surface area (Å²) in [5.74, 6) is -0.568. The van der Waals surface area contributed by atoms with E-state index in [9.17, 15) is 9.59 Å². The van der Waals surface area contributed by atoms with E-state index in [0.717, 1.165) is 11.4 Å². The van der Waals surface area contributed by atoms with Crippen LogP contribution in [-0.4, -0.2) is 34.4 Å². The summed E-state index contributed by atoms with van der Waals surface area (Å²) >= 11 is 0. The summed E-state index contributed by atoms with van der Waals surface area (Å²) in [6.45, 7) is 4.23. The van der Waals surface area contributed by atoms with Gasteiger partial charge in [0, 0.05) is 19.5 Å². The van der Waals surface area contributed by atoms with Gasteiger partial charge in [-0.15, -0.1) is 0 Å². The molecule has 1 aliphatic rings. The molecule has 5 N–H and O–H groups in total. The number of nitrogens with one attached hydrogen (secondary N) is 3. The average molecular weight is 265 g/mol. The van der Waals surface area contributed by atoms with Crippen LogP contribution in [0.2, 0.25) is 0 Å². The second kappa shape index (κ2) is 5.00. The first kappa shape index (κ1) is 13.5. The highest BCUT2D eigenvalue weighted by Crippen LogP contribution is 2.14. The number of nitrogens with zero attached hydrogens (tertiary/aromatic N) is 1. The van der Waals surface area contributed by atoms with Gasteiger partial charge in [-0.3, -0.25) is 14.9 Å². The van der Waals surface area contributed by atoms with Crippen LogP contribution in [0.5, 0.6) is 0 Å². The number of nitrogens with two attached hydrogens (primary N) is 1. The minimum absolute atomic E-state index is 0.136. The quantitative estimate of drug-likeness (QED) is 0.562. The molecule has 7 heteroatoms. The molecule has 0 aliphatic carbocycles. The van der Waals surface area contributed by atoms with Crippen molar-refractivity contribution < 1.29 is 9.59 Å². The first-order chi connectivity index (χ1) is 8.90. The Kier molecular flexibility index (Phi) is 3.57. The van der Waals surface area contributed by atoms with Crippen molar-refractivity contribution in [2.45, 2.75) is 32.9 Å². The molecule has 1 aliphatic heterocycles. The van der Waals surface area contributed by atoms with Gasteiger partial charge in [-0.2, -0.15) is 0 Å². The number of hydrogen-bond donors (Lipinski definition) is 4. The van der Waals surface area contributed by atoms with E-state index in [2.05, 4.69) is 20.6 Å². The maximum absolute atomic E-state index is 12.0. The van der Waals surface area contributed by atoms with Crippen LogP contribution in [0.3, 0.4) is 0 Å². The van der Waals surface area contributed by atoms with Gasteiger partial charge in [0.25, 0.3) is 0 Å². The van der Waals surface area contributed by atoms with E-state index < -0.39 is 11.3 Å². The van der Waals surface area contributed by atoms with Gasteiger partial charge < -0.3 is 16.0 Å². The largest absolute Gasteiger partial charge is 0.369 e. The predicted molar refractivity (Wildman–Crippen MR) is 68.9 cm³/mol. The summed E-state index contributed by atoms with van der Waals surface area (Å²) < 4.78 is 0. The topological polar surface area (TPSA) is 113 Å². The Morgan fingerprint density at radius 3 is 3.00 bits per heavy atom. The fraction of sp³-hybridized carbons (Fsp3) is 0.583. The molecule has 0 spiro atoms. The van der Waals surface area contributed by atoms with Gasteiger partial charge >= 0.3 is 0 Å². The number of amides is 2. The Morgan fingerprint density at radius 2 is 2.32 bits per heavy atom. The molecule has 0 fully saturated rings. The van der Waals surface area contributed by atoms with E-state index in [1.165, 1.54) is 0 Å². The molecule has 0 bridgehead atoms. The SMILES string of the molecule is CC(C)(CNC(=O)C1Cc2nc[nH]c2CN1)C(N)=O. The molecule has 1 aromatic rings. The molecular weight excluding hydrogens is 246 g/mol. The summed E-state index contributed by atoms with van der Waals surface area (Å²) in [6.07, 6.45) is 2.17. The summed E-state index contributed by atoms with van der Waals surface area (Å²) in [4.78, 5) is 30.4. The molecule has 0 radical (unpaired) electrons. The molecular formula is C12H19N5O2. The number of carbonyl (C=O) groups is 2. The predicted octanol–water partition coefficient (Wildman–Crippen LogP) is -0.948. The fourth-order valence-electron chi connectivity index (χ4n) is 1.87. The third-order valence-corrected chi connectivity index (χ3v) is 3.42. The van der Waals surface area contributed by atoms with Gasteiger partial charge in [0.1, 0.15) is 0 Å². The van der Waals surface area contributed by atoms with Crippen molar-refractivity contribution in [1.29, 1.82) is 0 Å². The van der Waals surface area contributed by atoms with Crippen molar-refractivity contribution in [3.8, 4) is 0 Å². The van der Waals surface area contributed by atoms with Crippen molar-refractivity contribution in [3.63, 3.8) is 0 Å². The second-order valence-electron chi connectivity index (χ2n) is 5.43. The van der Waals surface area contributed by atoms with E-state index in [-0.39, 0.29) is 18.5 Å². The first-order valence-electron chi connectivity index (χ1n) is 6.22. The zero-order valence-electron chi connectivity index (χ0n) is 11.1. The lowest BCUT2D eigenvalue weighted by molar-refractivity contribution is -0.127. The number of fused-ring (bicyclic) bond motifs is 1. The molecule has 0 saturated carbocycles. The number of carbonyl (C=O) groups excluding carboxylic acids is 2. The van der Waals surface area contributed by atoms with E-state index in [0.29, 0.717) is 13.0 Å². The minimum Gasteiger partial charge on any atom is -0.369 e. The number of aromatic amines is 1. The highest BCUT2D eigenvalue weighted by molar-refractivity contribution is 5.84. The van der Waals surface area contributed by atoms with Gasteiger partial charge in [0.2, 0.25) is 11.8 Å². The second-order valence-corrected chi connectivity index (χ2v) is 5.43. The normalized spacial score (nSPS) is 18.7. The van der Waals surface area contributed by atoms with Gasteiger partial charge in [0.05, 0.1) is 29.2 Å². The van der Waals surface area contributed by atoms with Crippen molar-refractivity contribution >= 4 is 11.8 Å². The van der Waals surface area contributed by atoms with Crippen molar-refractivity contribution in [3.05, 3.63) is 17.7 Å². The number of rotatable bonds is 4. The third-order valence-electron chi connectivity index (χ3n) is 3.42. The summed E-state index contributed by atoms with van der Waals surface area (Å²) in [5, 5.41) is 5.88. The molecule has 104 valence electrons. The minimum atomic E-state index is -0.748. The highest BCUT2D eigenvalue weighted by atomic mass is 16.2. The standard InChI is InChI=1S/C12H19N5O2/c1-12(2,11(13)19)5-15-10(18)8-3-7-9(4-14-8)17-6-16-7/h6,8,14H,3-5H2,1-2H3,(H2,13,19)(H,15,18)(H,16,17). The van der Waals surface area contributed by atoms with Crippen LogP contribution >= 0.6 is 0 Å². The van der Waals surface area contributed by atoms with E-state index >= 15 is 0 Å². The van der Waals surface area contributed by atoms with E-state index in [4.69, 9.17) is 5.73 Å². The summed E-state index contributed by atoms with van der Waals surface area (Å²) in [5.41, 5.74) is 6.44. The number of imidazole rings is 1. The molecule has 1 unspecified atom stereocenters. The lowest BCUT2D eigenvalue weighted by Gasteiger charge is -2.25. The average Bonchev–Trinajstić information content (AvgIpc) is 2.82. The van der Waals surface area contributed by atoms with Gasteiger partial charge in [-0.05, 0) is 13.8 Å². The Hall–Kier alpha value is -1.89. The number of hydrogen-bond acceptors (Lipinski definition) is 4. The third kappa shape index (κ3) is 2.93. The van der Waals surface area contributed by atoms with Crippen molar-refractivity contribution in [2.24, 2.45) is 11.1 Å². The molecule has 2 heterocycles. The molecule has 0 saturated heterocycles. The number of primary amides is 1. The van der Waals surface area contributed by atoms with Gasteiger partial charge in [-0.1, -0.05) is 0 Å². The molecule has 7 nitrogen and oxygen atoms in total. The van der Waals surface area contributed by atoms with Crippen LogP contribution in [0, 0.1) is 5.41 Å². The summed E-state index contributed by atoms with van der Waals surface area (Å²) in [7, 11) is 0. The molecule has 0 aromatic carbocycles. The van der Waals surface area contributed by atoms with Crippen LogP contribution in [-0.2, 0) is 22.6 Å². The van der Waals surface area contributed by atoms with Crippen LogP contribution < -0.4 is 16.4 Å². The maximum atomic E-state index is 12.0. The van der Waals surface area contributed by atoms with Crippen LogP contribution in [0.4, 0.5) is 0 Å². The maximum Gasteiger partial charge on any atom is 0.237 e. The molecule has 1 atom stereocenters. The Labute approximate surface area is 111 Å². The van der Waals surface area contributed by atoms with Gasteiger partial charge in [0.15, 0.2) is 0 Å². The summed E-state index contributed by atoms with van der Waals surface area (Å²) in [6, 6.07) is -0.320. The van der Waals surface area contributed by atoms with Crippen LogP contribution in [0.25, 0.3) is 0 Å². The Morgan fingerprint density at radius 1 is 1.58 bits per heavy atom. The monoisotopic (exact) mass is 265 g/mol. The lowest BCUT2D eigenvalue weighted by Crippen LogP contribution is -2.51. The Bertz CT molecular complexity index is 494. The molecule has 2 rings (SSSR count). The van der Waals surface area contributed by atoms with E-state index in [1.54, 1.807) is 20.2 Å². The highest BCUT2D eigenvalue weighted by Gasteiger charge is 2.29. The Balaban J connectivity index is 1.90. The van der Waals surface area contributed by atoms with Crippen molar-refractivity contribution in [2.75, 3.05) is 6.54 Å². The van der Waals surface area contributed by atoms with Crippen molar-refractivity contribution in [1.82, 2.24) is 20.6 Å². The zero-order valence-corrected chi connectivity index (χ0v) is 11.1. The molecule has 2 amide bonds. The van der Waals surface area contributed by atoms with E-state index in [1.807, 2.05) is 0 Å². The first-order valence-corrected chi connectivity index (χ1v) is 6.22. The van der Waals surface area contributed by atoms with Gasteiger partial charge in [-0.25, -0.2) is 4.98 Å².